The fraction of sp³-hybridized carbons (Fsp3) is 0.357. The molecule has 0 saturated heterocycles. The molecule has 2 aliphatic rings. The lowest BCUT2D eigenvalue weighted by Gasteiger charge is -2.32. The molecular formula is C14H12FNO. The summed E-state index contributed by atoms with van der Waals surface area (Å²) in [5, 5.41) is 9.18. The minimum absolute atomic E-state index is 0.324. The largest absolute Gasteiger partial charge is 0.482 e. The van der Waals surface area contributed by atoms with Gasteiger partial charge >= 0.3 is 0 Å². The van der Waals surface area contributed by atoms with E-state index in [1.165, 1.54) is 12.1 Å². The fourth-order valence-corrected chi connectivity index (χ4v) is 2.70. The van der Waals surface area contributed by atoms with Crippen LogP contribution in [0.1, 0.15) is 31.2 Å². The maximum atomic E-state index is 13.2. The van der Waals surface area contributed by atoms with Crippen molar-refractivity contribution in [1.82, 2.24) is 0 Å². The van der Waals surface area contributed by atoms with Crippen LogP contribution in [0.4, 0.5) is 4.39 Å². The lowest BCUT2D eigenvalue weighted by molar-refractivity contribution is 0.124. The van der Waals surface area contributed by atoms with Gasteiger partial charge in [0, 0.05) is 5.56 Å². The maximum Gasteiger partial charge on any atom is 0.129 e. The molecule has 0 N–H and O–H groups in total. The number of nitriles is 1. The van der Waals surface area contributed by atoms with Gasteiger partial charge < -0.3 is 4.74 Å². The number of rotatable bonds is 0. The summed E-state index contributed by atoms with van der Waals surface area (Å²) in [6.07, 6.45) is 5.99. The Hall–Kier alpha value is -1.82. The minimum Gasteiger partial charge on any atom is -0.482 e. The van der Waals surface area contributed by atoms with Crippen LogP contribution >= 0.6 is 0 Å². The highest BCUT2D eigenvalue weighted by Gasteiger charge is 2.38. The molecule has 1 heterocycles. The van der Waals surface area contributed by atoms with Crippen molar-refractivity contribution >= 4 is 5.57 Å². The van der Waals surface area contributed by atoms with Crippen LogP contribution in [0.3, 0.4) is 0 Å². The van der Waals surface area contributed by atoms with Crippen molar-refractivity contribution in [2.45, 2.75) is 31.3 Å². The third kappa shape index (κ3) is 1.61. The molecule has 3 rings (SSSR count). The minimum atomic E-state index is -0.337. The summed E-state index contributed by atoms with van der Waals surface area (Å²) in [4.78, 5) is 0. The predicted molar refractivity (Wildman–Crippen MR) is 61.8 cm³/mol. The first-order valence-corrected chi connectivity index (χ1v) is 5.84. The van der Waals surface area contributed by atoms with Crippen molar-refractivity contribution in [3.63, 3.8) is 0 Å². The number of nitrogens with zero attached hydrogens (tertiary/aromatic N) is 1. The molecule has 1 spiro atoms. The lowest BCUT2D eigenvalue weighted by atomic mass is 9.91. The van der Waals surface area contributed by atoms with Crippen molar-refractivity contribution in [1.29, 1.82) is 5.26 Å². The Balaban J connectivity index is 2.13. The van der Waals surface area contributed by atoms with Crippen LogP contribution in [0.25, 0.3) is 5.57 Å². The number of allylic oxidation sites excluding steroid dienone is 1. The van der Waals surface area contributed by atoms with Crippen molar-refractivity contribution in [2.24, 2.45) is 0 Å². The molecular weight excluding hydrogens is 217 g/mol. The lowest BCUT2D eigenvalue weighted by Crippen LogP contribution is -2.33. The van der Waals surface area contributed by atoms with Crippen molar-refractivity contribution in [2.75, 3.05) is 0 Å². The van der Waals surface area contributed by atoms with Gasteiger partial charge in [-0.15, -0.1) is 0 Å². The number of halogens is 1. The molecule has 1 aromatic rings. The van der Waals surface area contributed by atoms with Crippen LogP contribution in [-0.2, 0) is 0 Å². The first-order valence-electron chi connectivity index (χ1n) is 5.84. The molecule has 0 radical (unpaired) electrons. The Labute approximate surface area is 99.3 Å². The maximum absolute atomic E-state index is 13.2. The molecule has 1 aromatic carbocycles. The van der Waals surface area contributed by atoms with E-state index in [9.17, 15) is 9.65 Å². The molecule has 86 valence electrons. The Morgan fingerprint density at radius 3 is 2.76 bits per heavy atom. The van der Waals surface area contributed by atoms with Gasteiger partial charge in [0.1, 0.15) is 17.2 Å². The normalized spacial score (nSPS) is 20.4. The van der Waals surface area contributed by atoms with E-state index in [0.717, 1.165) is 25.7 Å². The van der Waals surface area contributed by atoms with E-state index in [2.05, 4.69) is 6.07 Å². The first kappa shape index (κ1) is 10.3. The number of ether oxygens (including phenoxy) is 1. The van der Waals surface area contributed by atoms with Gasteiger partial charge in [-0.05, 0) is 50.0 Å². The van der Waals surface area contributed by atoms with Crippen LogP contribution in [0.15, 0.2) is 24.3 Å². The number of hydrogen-bond acceptors (Lipinski definition) is 2. The van der Waals surface area contributed by atoms with Crippen molar-refractivity contribution in [3.8, 4) is 11.8 Å². The molecule has 1 saturated carbocycles. The first-order chi connectivity index (χ1) is 8.22. The average molecular weight is 229 g/mol. The molecule has 0 bridgehead atoms. The van der Waals surface area contributed by atoms with E-state index in [4.69, 9.17) is 4.74 Å². The van der Waals surface area contributed by atoms with Gasteiger partial charge in [-0.2, -0.15) is 5.26 Å². The van der Waals surface area contributed by atoms with E-state index < -0.39 is 0 Å². The fourth-order valence-electron chi connectivity index (χ4n) is 2.70. The smallest absolute Gasteiger partial charge is 0.129 e. The van der Waals surface area contributed by atoms with Crippen LogP contribution < -0.4 is 4.74 Å². The Kier molecular flexibility index (Phi) is 2.19. The molecule has 0 aromatic heterocycles. The average Bonchev–Trinajstić information content (AvgIpc) is 2.77. The SMILES string of the molecule is N#CC1=CC2(CCCC2)Oc2ccc(F)cc21. The van der Waals surface area contributed by atoms with Gasteiger partial charge in [0.05, 0.1) is 11.6 Å². The monoisotopic (exact) mass is 229 g/mol. The summed E-state index contributed by atoms with van der Waals surface area (Å²) in [6, 6.07) is 6.52. The second kappa shape index (κ2) is 3.59. The number of hydrogen-bond donors (Lipinski definition) is 0. The summed E-state index contributed by atoms with van der Waals surface area (Å²) in [7, 11) is 0. The highest BCUT2D eigenvalue weighted by molar-refractivity contribution is 5.82. The van der Waals surface area contributed by atoms with Crippen LogP contribution in [-0.4, -0.2) is 5.60 Å². The zero-order valence-corrected chi connectivity index (χ0v) is 9.37. The third-order valence-corrected chi connectivity index (χ3v) is 3.52. The van der Waals surface area contributed by atoms with Crippen LogP contribution in [0.2, 0.25) is 0 Å². The highest BCUT2D eigenvalue weighted by Crippen LogP contribution is 2.43. The van der Waals surface area contributed by atoms with Crippen LogP contribution in [0.5, 0.6) is 5.75 Å². The van der Waals surface area contributed by atoms with Crippen molar-refractivity contribution < 1.29 is 9.13 Å². The molecule has 1 aliphatic carbocycles. The molecule has 2 nitrogen and oxygen atoms in total. The number of fused-ring (bicyclic) bond motifs is 1. The molecule has 1 aliphatic heterocycles. The Morgan fingerprint density at radius 2 is 2.06 bits per heavy atom. The Bertz CT molecular complexity index is 536. The van der Waals surface area contributed by atoms with Crippen LogP contribution in [0, 0.1) is 17.1 Å². The quantitative estimate of drug-likeness (QED) is 0.682. The predicted octanol–water partition coefficient (Wildman–Crippen LogP) is 3.44. The third-order valence-electron chi connectivity index (χ3n) is 3.52. The molecule has 0 amide bonds. The van der Waals surface area contributed by atoms with E-state index in [0.29, 0.717) is 16.9 Å². The summed E-state index contributed by atoms with van der Waals surface area (Å²) in [5.74, 6) is 0.295. The van der Waals surface area contributed by atoms with E-state index in [1.54, 1.807) is 6.07 Å². The zero-order valence-electron chi connectivity index (χ0n) is 9.37. The van der Waals surface area contributed by atoms with Crippen molar-refractivity contribution in [3.05, 3.63) is 35.7 Å². The van der Waals surface area contributed by atoms with Gasteiger partial charge in [-0.1, -0.05) is 0 Å². The van der Waals surface area contributed by atoms with E-state index >= 15 is 0 Å². The molecule has 1 fully saturated rings. The molecule has 0 unspecified atom stereocenters. The van der Waals surface area contributed by atoms with Gasteiger partial charge in [-0.25, -0.2) is 4.39 Å². The topological polar surface area (TPSA) is 33.0 Å². The van der Waals surface area contributed by atoms with E-state index in [1.807, 2.05) is 6.08 Å². The second-order valence-corrected chi connectivity index (χ2v) is 4.68. The van der Waals surface area contributed by atoms with E-state index in [-0.39, 0.29) is 11.4 Å². The Morgan fingerprint density at radius 1 is 1.29 bits per heavy atom. The number of benzene rings is 1. The zero-order chi connectivity index (χ0) is 11.9. The highest BCUT2D eigenvalue weighted by atomic mass is 19.1. The summed E-state index contributed by atoms with van der Waals surface area (Å²) >= 11 is 0. The standard InChI is InChI=1S/C14H12FNO/c15-11-3-4-13-12(7-11)10(9-16)8-14(17-13)5-1-2-6-14/h3-4,7-8H,1-2,5-6H2. The summed E-state index contributed by atoms with van der Waals surface area (Å²) < 4.78 is 19.2. The molecule has 3 heteroatoms. The van der Waals surface area contributed by atoms with Gasteiger partial charge in [0.25, 0.3) is 0 Å². The second-order valence-electron chi connectivity index (χ2n) is 4.68. The summed E-state index contributed by atoms with van der Waals surface area (Å²) in [5.41, 5.74) is 0.785. The van der Waals surface area contributed by atoms with Gasteiger partial charge in [-0.3, -0.25) is 0 Å². The molecule has 17 heavy (non-hydrogen) atoms. The molecule has 0 atom stereocenters. The van der Waals surface area contributed by atoms with Gasteiger partial charge in [0.2, 0.25) is 0 Å². The van der Waals surface area contributed by atoms with Gasteiger partial charge in [0.15, 0.2) is 0 Å². The summed E-state index contributed by atoms with van der Waals surface area (Å²) in [6.45, 7) is 0.